The minimum absolute atomic E-state index is 0.120. The monoisotopic (exact) mass is 304 g/mol. The molecule has 0 heterocycles. The van der Waals surface area contributed by atoms with Crippen LogP contribution in [0, 0.1) is 0 Å². The van der Waals surface area contributed by atoms with Crippen molar-refractivity contribution in [2.45, 2.75) is 4.90 Å². The molecule has 0 spiro atoms. The molecule has 2 aromatic carbocycles. The first-order chi connectivity index (χ1) is 6.97. The molecule has 0 unspecified atom stereocenters. The molecule has 0 aliphatic rings. The van der Waals surface area contributed by atoms with Crippen molar-refractivity contribution in [3.63, 3.8) is 0 Å². The molecule has 2 nitrogen and oxygen atoms in total. The lowest BCUT2D eigenvalue weighted by Crippen LogP contribution is -1.89. The Kier molecular flexibility index (Phi) is 2.75. The van der Waals surface area contributed by atoms with Gasteiger partial charge in [0.1, 0.15) is 0 Å². The fourth-order valence-electron chi connectivity index (χ4n) is 1.35. The molecule has 2 rings (SSSR count). The summed E-state index contributed by atoms with van der Waals surface area (Å²) in [6, 6.07) is 10.4. The third-order valence-corrected chi connectivity index (χ3v) is 3.90. The first-order valence-electron chi connectivity index (χ1n) is 4.11. The summed E-state index contributed by atoms with van der Waals surface area (Å²) in [5.41, 5.74) is 0. The molecule has 0 atom stereocenters. The minimum Gasteiger partial charge on any atom is -0.207 e. The van der Waals surface area contributed by atoms with Gasteiger partial charge in [-0.15, -0.1) is 0 Å². The molecule has 0 aromatic heterocycles. The van der Waals surface area contributed by atoms with Crippen LogP contribution in [0.5, 0.6) is 0 Å². The third-order valence-electron chi connectivity index (χ3n) is 2.06. The van der Waals surface area contributed by atoms with Crippen LogP contribution in [0.2, 0.25) is 0 Å². The van der Waals surface area contributed by atoms with Gasteiger partial charge in [-0.3, -0.25) is 0 Å². The van der Waals surface area contributed by atoms with Gasteiger partial charge >= 0.3 is 0 Å². The number of hydrogen-bond acceptors (Lipinski definition) is 2. The van der Waals surface area contributed by atoms with Crippen molar-refractivity contribution in [1.29, 1.82) is 0 Å². The molecule has 0 fully saturated rings. The molecule has 0 radical (unpaired) electrons. The third kappa shape index (κ3) is 2.33. The minimum atomic E-state index is -3.65. The van der Waals surface area contributed by atoms with Crippen molar-refractivity contribution in [2.24, 2.45) is 0 Å². The molecule has 15 heavy (non-hydrogen) atoms. The van der Waals surface area contributed by atoms with Crippen LogP contribution in [0.1, 0.15) is 0 Å². The lowest BCUT2D eigenvalue weighted by atomic mass is 10.1. The number of halogens is 2. The van der Waals surface area contributed by atoms with Crippen molar-refractivity contribution >= 4 is 46.4 Å². The summed E-state index contributed by atoms with van der Waals surface area (Å²) in [6.45, 7) is 0. The summed E-state index contributed by atoms with van der Waals surface area (Å²) in [6.07, 6.45) is 0. The van der Waals surface area contributed by atoms with Gasteiger partial charge < -0.3 is 0 Å². The molecule has 0 N–H and O–H groups in total. The van der Waals surface area contributed by atoms with E-state index >= 15 is 0 Å². The zero-order valence-corrected chi connectivity index (χ0v) is 10.6. The maximum atomic E-state index is 11.1. The van der Waals surface area contributed by atoms with Crippen molar-refractivity contribution < 1.29 is 8.42 Å². The number of hydrogen-bond donors (Lipinski definition) is 0. The molecule has 0 aliphatic carbocycles. The Morgan fingerprint density at radius 3 is 2.33 bits per heavy atom. The molecule has 0 bridgehead atoms. The highest BCUT2D eigenvalue weighted by Gasteiger charge is 2.09. The predicted molar refractivity (Wildman–Crippen MR) is 64.7 cm³/mol. The maximum absolute atomic E-state index is 11.1. The first kappa shape index (κ1) is 10.9. The van der Waals surface area contributed by atoms with E-state index in [1.807, 2.05) is 18.2 Å². The lowest BCUT2D eigenvalue weighted by molar-refractivity contribution is 0.609. The van der Waals surface area contributed by atoms with Crippen LogP contribution >= 0.6 is 26.6 Å². The van der Waals surface area contributed by atoms with Crippen molar-refractivity contribution in [3.8, 4) is 0 Å². The molecule has 0 saturated heterocycles. The van der Waals surface area contributed by atoms with Gasteiger partial charge in [-0.05, 0) is 35.0 Å². The molecular formula is C10H6BrClO2S. The molecular weight excluding hydrogens is 300 g/mol. The largest absolute Gasteiger partial charge is 0.261 e. The summed E-state index contributed by atoms with van der Waals surface area (Å²) in [5, 5.41) is 1.81. The maximum Gasteiger partial charge on any atom is 0.261 e. The second kappa shape index (κ2) is 3.77. The van der Waals surface area contributed by atoms with E-state index in [0.717, 1.165) is 15.2 Å². The zero-order valence-electron chi connectivity index (χ0n) is 7.44. The van der Waals surface area contributed by atoms with Crippen LogP contribution in [0.4, 0.5) is 0 Å². The fourth-order valence-corrected chi connectivity index (χ4v) is 2.51. The average Bonchev–Trinajstić information content (AvgIpc) is 2.15. The van der Waals surface area contributed by atoms with E-state index in [2.05, 4.69) is 15.9 Å². The van der Waals surface area contributed by atoms with Crippen LogP contribution in [0.3, 0.4) is 0 Å². The smallest absolute Gasteiger partial charge is 0.207 e. The molecule has 2 aromatic rings. The van der Waals surface area contributed by atoms with E-state index in [1.54, 1.807) is 12.1 Å². The first-order valence-corrected chi connectivity index (χ1v) is 7.21. The highest BCUT2D eigenvalue weighted by atomic mass is 79.9. The van der Waals surface area contributed by atoms with E-state index < -0.39 is 9.05 Å². The average molecular weight is 306 g/mol. The molecule has 0 amide bonds. The Balaban J connectivity index is 2.75. The predicted octanol–water partition coefficient (Wildman–Crippen LogP) is 3.53. The summed E-state index contributed by atoms with van der Waals surface area (Å²) < 4.78 is 23.1. The Labute approximate surface area is 100 Å². The van der Waals surface area contributed by atoms with Crippen LogP contribution in [-0.4, -0.2) is 8.42 Å². The summed E-state index contributed by atoms with van der Waals surface area (Å²) in [7, 11) is 1.61. The fraction of sp³-hybridized carbons (Fsp3) is 0. The van der Waals surface area contributed by atoms with Crippen molar-refractivity contribution in [3.05, 3.63) is 40.9 Å². The normalized spacial score (nSPS) is 11.9. The number of rotatable bonds is 1. The van der Waals surface area contributed by atoms with E-state index in [4.69, 9.17) is 10.7 Å². The van der Waals surface area contributed by atoms with Gasteiger partial charge in [-0.2, -0.15) is 0 Å². The SMILES string of the molecule is O=S(=O)(Cl)c1ccc2ccc(Br)cc2c1. The second-order valence-electron chi connectivity index (χ2n) is 3.09. The number of fused-ring (bicyclic) bond motifs is 1. The summed E-state index contributed by atoms with van der Waals surface area (Å²) in [4.78, 5) is 0.120. The van der Waals surface area contributed by atoms with Gasteiger partial charge in [0.2, 0.25) is 0 Å². The van der Waals surface area contributed by atoms with Gasteiger partial charge in [-0.1, -0.05) is 28.1 Å². The van der Waals surface area contributed by atoms with Crippen LogP contribution in [0.15, 0.2) is 45.8 Å². The lowest BCUT2D eigenvalue weighted by Gasteiger charge is -2.01. The molecule has 0 aliphatic heterocycles. The van der Waals surface area contributed by atoms with Crippen LogP contribution in [-0.2, 0) is 9.05 Å². The van der Waals surface area contributed by atoms with Gasteiger partial charge in [0, 0.05) is 15.2 Å². The second-order valence-corrected chi connectivity index (χ2v) is 6.57. The van der Waals surface area contributed by atoms with Crippen LogP contribution < -0.4 is 0 Å². The Bertz CT molecular complexity index is 622. The standard InChI is InChI=1S/C10H6BrClO2S/c11-9-3-1-7-2-4-10(15(12,13)14)6-8(7)5-9/h1-6H. The van der Waals surface area contributed by atoms with E-state index in [-0.39, 0.29) is 4.90 Å². The van der Waals surface area contributed by atoms with Gasteiger partial charge in [0.05, 0.1) is 4.90 Å². The number of benzene rings is 2. The van der Waals surface area contributed by atoms with Crippen LogP contribution in [0.25, 0.3) is 10.8 Å². The molecule has 0 saturated carbocycles. The van der Waals surface area contributed by atoms with E-state index in [0.29, 0.717) is 0 Å². The highest BCUT2D eigenvalue weighted by Crippen LogP contribution is 2.24. The van der Waals surface area contributed by atoms with Gasteiger partial charge in [0.25, 0.3) is 9.05 Å². The highest BCUT2D eigenvalue weighted by molar-refractivity contribution is 9.10. The quantitative estimate of drug-likeness (QED) is 0.755. The summed E-state index contributed by atoms with van der Waals surface area (Å²) >= 11 is 3.32. The van der Waals surface area contributed by atoms with Crippen molar-refractivity contribution in [2.75, 3.05) is 0 Å². The Hall–Kier alpha value is -0.580. The Morgan fingerprint density at radius 1 is 1.00 bits per heavy atom. The van der Waals surface area contributed by atoms with E-state index in [9.17, 15) is 8.42 Å². The Morgan fingerprint density at radius 2 is 1.67 bits per heavy atom. The van der Waals surface area contributed by atoms with E-state index in [1.165, 1.54) is 6.07 Å². The zero-order chi connectivity index (χ0) is 11.1. The van der Waals surface area contributed by atoms with Gasteiger partial charge in [0.15, 0.2) is 0 Å². The summed E-state index contributed by atoms with van der Waals surface area (Å²) in [5.74, 6) is 0. The van der Waals surface area contributed by atoms with Crippen molar-refractivity contribution in [1.82, 2.24) is 0 Å². The topological polar surface area (TPSA) is 34.1 Å². The molecule has 78 valence electrons. The van der Waals surface area contributed by atoms with Gasteiger partial charge in [-0.25, -0.2) is 8.42 Å². The molecule has 5 heteroatoms.